The van der Waals surface area contributed by atoms with Crippen LogP contribution in [0.25, 0.3) is 0 Å². The van der Waals surface area contributed by atoms with Crippen molar-refractivity contribution in [2.75, 3.05) is 13.2 Å². The van der Waals surface area contributed by atoms with Crippen LogP contribution >= 0.6 is 0 Å². The van der Waals surface area contributed by atoms with Crippen molar-refractivity contribution in [2.45, 2.75) is 141 Å². The quantitative estimate of drug-likeness (QED) is 0.0867. The molecule has 228 valence electrons. The maximum Gasteiger partial charge on any atom is 0.364 e. The molecule has 0 aromatic rings. The molecule has 2 heterocycles. The summed E-state index contributed by atoms with van der Waals surface area (Å²) in [7, 11) is 0. The van der Waals surface area contributed by atoms with Crippen LogP contribution in [0.3, 0.4) is 0 Å². The van der Waals surface area contributed by atoms with Crippen LogP contribution in [0.4, 0.5) is 0 Å². The molecule has 0 bridgehead atoms. The molecule has 0 aromatic heterocycles. The van der Waals surface area contributed by atoms with Gasteiger partial charge in [0, 0.05) is 32.5 Å². The Hall–Kier alpha value is -1.74. The Labute approximate surface area is 240 Å². The summed E-state index contributed by atoms with van der Waals surface area (Å²) in [5.74, 6) is -2.63. The largest absolute Gasteiger partial charge is 0.477 e. The third kappa shape index (κ3) is 10.9. The highest BCUT2D eigenvalue weighted by molar-refractivity contribution is 5.75. The zero-order valence-electron chi connectivity index (χ0n) is 24.7. The van der Waals surface area contributed by atoms with E-state index in [2.05, 4.69) is 25.2 Å². The maximum absolute atomic E-state index is 12.6. The van der Waals surface area contributed by atoms with E-state index in [1.807, 2.05) is 6.08 Å². The first-order valence-electron chi connectivity index (χ1n) is 15.7. The molecule has 2 aliphatic heterocycles. The third-order valence-electron chi connectivity index (χ3n) is 8.20. The highest BCUT2D eigenvalue weighted by Gasteiger charge is 2.46. The first-order valence-corrected chi connectivity index (χ1v) is 15.7. The van der Waals surface area contributed by atoms with Crippen LogP contribution in [0.5, 0.6) is 0 Å². The molecule has 3 fully saturated rings. The molecule has 5 atom stereocenters. The van der Waals surface area contributed by atoms with Gasteiger partial charge >= 0.3 is 11.9 Å². The molecule has 40 heavy (non-hydrogen) atoms. The fourth-order valence-corrected chi connectivity index (χ4v) is 5.98. The van der Waals surface area contributed by atoms with E-state index in [1.165, 1.54) is 32.6 Å². The summed E-state index contributed by atoms with van der Waals surface area (Å²) in [6, 6.07) is 0. The number of carboxylic acid groups (broad SMARTS) is 1. The molecule has 0 radical (unpaired) electrons. The van der Waals surface area contributed by atoms with Crippen molar-refractivity contribution in [3.8, 4) is 0 Å². The zero-order chi connectivity index (χ0) is 28.6. The predicted molar refractivity (Wildman–Crippen MR) is 152 cm³/mol. The van der Waals surface area contributed by atoms with Gasteiger partial charge in [-0.2, -0.15) is 0 Å². The van der Waals surface area contributed by atoms with E-state index < -0.39 is 24.3 Å². The Balaban J connectivity index is 1.60. The van der Waals surface area contributed by atoms with E-state index in [9.17, 15) is 14.7 Å². The van der Waals surface area contributed by atoms with Crippen molar-refractivity contribution in [3.63, 3.8) is 0 Å². The number of aliphatic carboxylic acids is 1. The van der Waals surface area contributed by atoms with Crippen molar-refractivity contribution in [1.82, 2.24) is 0 Å². The smallest absolute Gasteiger partial charge is 0.364 e. The predicted octanol–water partition coefficient (Wildman–Crippen LogP) is 7.06. The monoisotopic (exact) mass is 564 g/mol. The Morgan fingerprint density at radius 3 is 2.15 bits per heavy atom. The van der Waals surface area contributed by atoms with Crippen LogP contribution in [0.2, 0.25) is 0 Å². The summed E-state index contributed by atoms with van der Waals surface area (Å²) in [4.78, 5) is 24.3. The molecule has 2 saturated heterocycles. The van der Waals surface area contributed by atoms with Crippen LogP contribution in [-0.2, 0) is 33.3 Å². The van der Waals surface area contributed by atoms with Crippen LogP contribution in [0.15, 0.2) is 24.3 Å². The van der Waals surface area contributed by atoms with Gasteiger partial charge in [0.1, 0.15) is 6.10 Å². The van der Waals surface area contributed by atoms with Crippen molar-refractivity contribution in [2.24, 2.45) is 11.8 Å². The number of hydrogen-bond donors (Lipinski definition) is 1. The van der Waals surface area contributed by atoms with Gasteiger partial charge in [0.2, 0.25) is 0 Å². The van der Waals surface area contributed by atoms with E-state index in [-0.39, 0.29) is 24.4 Å². The molecule has 0 amide bonds. The summed E-state index contributed by atoms with van der Waals surface area (Å²) in [5, 5.41) is 10.3. The summed E-state index contributed by atoms with van der Waals surface area (Å²) < 4.78 is 29.2. The summed E-state index contributed by atoms with van der Waals surface area (Å²) in [5.41, 5.74) is 0. The number of carboxylic acids is 1. The lowest BCUT2D eigenvalue weighted by atomic mass is 9.90. The van der Waals surface area contributed by atoms with E-state index >= 15 is 0 Å². The van der Waals surface area contributed by atoms with Crippen LogP contribution in [-0.4, -0.2) is 54.7 Å². The van der Waals surface area contributed by atoms with E-state index in [4.69, 9.17) is 23.7 Å². The number of unbranched alkanes of at least 4 members (excludes halogenated alkanes) is 4. The Morgan fingerprint density at radius 1 is 0.875 bits per heavy atom. The number of hydrogen-bond acceptors (Lipinski definition) is 7. The average molecular weight is 565 g/mol. The molecule has 3 aliphatic rings. The minimum absolute atomic E-state index is 0.0893. The van der Waals surface area contributed by atoms with Gasteiger partial charge in [0.25, 0.3) is 5.79 Å². The second kappa shape index (κ2) is 17.9. The zero-order valence-corrected chi connectivity index (χ0v) is 24.7. The normalized spacial score (nSPS) is 29.1. The topological polar surface area (TPSA) is 101 Å². The van der Waals surface area contributed by atoms with Crippen LogP contribution < -0.4 is 0 Å². The third-order valence-corrected chi connectivity index (χ3v) is 8.20. The molecule has 2 unspecified atom stereocenters. The lowest BCUT2D eigenvalue weighted by Gasteiger charge is -2.37. The fourth-order valence-electron chi connectivity index (χ4n) is 5.98. The minimum atomic E-state index is -1.83. The number of allylic oxidation sites excluding steroid dienone is 4. The fraction of sp³-hybridized carbons (Fsp3) is 0.812. The van der Waals surface area contributed by atoms with E-state index in [0.29, 0.717) is 38.4 Å². The van der Waals surface area contributed by atoms with Crippen molar-refractivity contribution in [1.29, 1.82) is 0 Å². The van der Waals surface area contributed by atoms with Gasteiger partial charge in [-0.25, -0.2) is 4.79 Å². The van der Waals surface area contributed by atoms with Gasteiger partial charge in [0.05, 0.1) is 0 Å². The molecular weight excluding hydrogens is 512 g/mol. The number of carbonyl (C=O) groups excluding carboxylic acids is 1. The van der Waals surface area contributed by atoms with Crippen LogP contribution in [0.1, 0.15) is 117 Å². The second-order valence-electron chi connectivity index (χ2n) is 11.5. The summed E-state index contributed by atoms with van der Waals surface area (Å²) in [6.45, 7) is 4.81. The lowest BCUT2D eigenvalue weighted by Crippen LogP contribution is -2.51. The van der Waals surface area contributed by atoms with Gasteiger partial charge in [0.15, 0.2) is 12.6 Å². The SMILES string of the molecule is CCCCCC/C=C/[C@H]1CC[C@H](OC(C)=O)[C@@H]1C/C=C\CCC(OC1CCCCO1)(OC1CCCCO1)C(=O)O. The summed E-state index contributed by atoms with van der Waals surface area (Å²) >= 11 is 0. The number of rotatable bonds is 17. The van der Waals surface area contributed by atoms with E-state index in [0.717, 1.165) is 51.4 Å². The van der Waals surface area contributed by atoms with Gasteiger partial charge in [-0.3, -0.25) is 4.79 Å². The number of esters is 1. The number of ether oxygens (including phenoxy) is 5. The average Bonchev–Trinajstić information content (AvgIpc) is 3.31. The molecule has 8 heteroatoms. The highest BCUT2D eigenvalue weighted by atomic mass is 16.8. The standard InChI is InChI=1S/C32H52O8/c1-3-4-5-6-7-9-16-26-20-21-28(38-25(2)33)27(26)17-10-8-13-22-32(31(34)35,39-29-18-11-14-23-36-29)40-30-19-12-15-24-37-30/h8-10,16,26-30H,3-7,11-15,17-24H2,1-2H3,(H,34,35)/b10-8-,16-9+/t26-,27+,28-,29?,30?,32?/m0/s1. The number of carbonyl (C=O) groups is 2. The molecule has 0 spiro atoms. The van der Waals surface area contributed by atoms with Crippen LogP contribution in [0, 0.1) is 11.8 Å². The molecule has 8 nitrogen and oxygen atoms in total. The first kappa shape index (κ1) is 32.8. The molecule has 1 saturated carbocycles. The summed E-state index contributed by atoms with van der Waals surface area (Å²) in [6.07, 6.45) is 21.8. The van der Waals surface area contributed by atoms with Crippen molar-refractivity contribution >= 4 is 11.9 Å². The molecule has 3 rings (SSSR count). The first-order chi connectivity index (χ1) is 19.4. The molecular formula is C32H52O8. The lowest BCUT2D eigenvalue weighted by molar-refractivity contribution is -0.352. The molecule has 0 aromatic carbocycles. The Kier molecular flexibility index (Phi) is 14.7. The van der Waals surface area contributed by atoms with Gasteiger partial charge in [-0.15, -0.1) is 0 Å². The Morgan fingerprint density at radius 2 is 1.57 bits per heavy atom. The second-order valence-corrected chi connectivity index (χ2v) is 11.5. The minimum Gasteiger partial charge on any atom is -0.477 e. The highest BCUT2D eigenvalue weighted by Crippen LogP contribution is 2.38. The molecule has 1 aliphatic carbocycles. The van der Waals surface area contributed by atoms with Crippen molar-refractivity contribution in [3.05, 3.63) is 24.3 Å². The van der Waals surface area contributed by atoms with Gasteiger partial charge < -0.3 is 28.8 Å². The van der Waals surface area contributed by atoms with Gasteiger partial charge in [-0.1, -0.05) is 50.5 Å². The Bertz CT molecular complexity index is 777. The van der Waals surface area contributed by atoms with Crippen molar-refractivity contribution < 1.29 is 38.4 Å². The maximum atomic E-state index is 12.6. The molecule has 1 N–H and O–H groups in total. The van der Waals surface area contributed by atoms with E-state index in [1.54, 1.807) is 0 Å². The van der Waals surface area contributed by atoms with Gasteiger partial charge in [-0.05, 0) is 83.0 Å².